The molecule has 0 bridgehead atoms. The minimum Gasteiger partial charge on any atom is -0.508 e. The van der Waals surface area contributed by atoms with Crippen molar-refractivity contribution in [3.05, 3.63) is 18.2 Å². The van der Waals surface area contributed by atoms with Crippen LogP contribution in [0.15, 0.2) is 18.2 Å². The Morgan fingerprint density at radius 1 is 1.31 bits per heavy atom. The van der Waals surface area contributed by atoms with Gasteiger partial charge in [-0.25, -0.2) is 5.26 Å². The Morgan fingerprint density at radius 2 is 2.08 bits per heavy atom. The Balaban J connectivity index is 2.79. The Bertz CT molecular complexity index is 277. The first kappa shape index (κ1) is 9.95. The molecule has 0 radical (unpaired) electrons. The average Bonchev–Trinajstić information content (AvgIpc) is 2.16. The van der Waals surface area contributed by atoms with Gasteiger partial charge in [0.25, 0.3) is 0 Å². The summed E-state index contributed by atoms with van der Waals surface area (Å²) in [4.78, 5) is 4.00. The summed E-state index contributed by atoms with van der Waals surface area (Å²) in [5.41, 5.74) is 0. The van der Waals surface area contributed by atoms with E-state index in [1.54, 1.807) is 0 Å². The molecule has 0 saturated carbocycles. The Morgan fingerprint density at radius 3 is 2.69 bits per heavy atom. The van der Waals surface area contributed by atoms with Gasteiger partial charge in [0.1, 0.15) is 12.4 Å². The van der Waals surface area contributed by atoms with Gasteiger partial charge in [-0.15, -0.1) is 11.6 Å². The van der Waals surface area contributed by atoms with Crippen LogP contribution in [0, 0.1) is 0 Å². The molecule has 13 heavy (non-hydrogen) atoms. The number of halogens is 1. The van der Waals surface area contributed by atoms with E-state index < -0.39 is 0 Å². The van der Waals surface area contributed by atoms with E-state index in [0.29, 0.717) is 18.2 Å². The smallest absolute Gasteiger partial charge is 0.210 e. The summed E-state index contributed by atoms with van der Waals surface area (Å²) < 4.78 is 5.10. The van der Waals surface area contributed by atoms with Crippen molar-refractivity contribution < 1.29 is 20.0 Å². The van der Waals surface area contributed by atoms with Crippen LogP contribution in [0.2, 0.25) is 0 Å². The molecule has 72 valence electrons. The van der Waals surface area contributed by atoms with Gasteiger partial charge in [0, 0.05) is 6.07 Å². The van der Waals surface area contributed by atoms with Crippen molar-refractivity contribution >= 4 is 11.6 Å². The molecular weight excluding hydrogens is 196 g/mol. The molecule has 5 heteroatoms. The van der Waals surface area contributed by atoms with Crippen molar-refractivity contribution in [2.45, 2.75) is 0 Å². The molecule has 2 N–H and O–H groups in total. The summed E-state index contributed by atoms with van der Waals surface area (Å²) in [6.45, 7) is 0.308. The molecule has 0 saturated heterocycles. The molecule has 0 fully saturated rings. The zero-order chi connectivity index (χ0) is 9.68. The Hall–Kier alpha value is -1.13. The van der Waals surface area contributed by atoms with E-state index in [4.69, 9.17) is 26.7 Å². The van der Waals surface area contributed by atoms with Gasteiger partial charge in [0.05, 0.1) is 5.88 Å². The lowest BCUT2D eigenvalue weighted by molar-refractivity contribution is -0.139. The lowest BCUT2D eigenvalue weighted by atomic mass is 10.3. The third kappa shape index (κ3) is 2.68. The number of ether oxygens (including phenoxy) is 1. The van der Waals surface area contributed by atoms with Crippen LogP contribution >= 0.6 is 11.6 Å². The number of rotatable bonds is 4. The molecule has 1 aromatic rings. The van der Waals surface area contributed by atoms with Gasteiger partial charge in [-0.05, 0) is 12.1 Å². The summed E-state index contributed by atoms with van der Waals surface area (Å²) in [5, 5.41) is 17.4. The van der Waals surface area contributed by atoms with Crippen molar-refractivity contribution in [3.63, 3.8) is 0 Å². The number of benzene rings is 1. The van der Waals surface area contributed by atoms with E-state index in [2.05, 4.69) is 4.89 Å². The van der Waals surface area contributed by atoms with Crippen molar-refractivity contribution in [3.8, 4) is 17.2 Å². The van der Waals surface area contributed by atoms with E-state index in [1.165, 1.54) is 18.2 Å². The number of aromatic hydroxyl groups is 1. The molecular formula is C8H9ClO4. The van der Waals surface area contributed by atoms with Crippen molar-refractivity contribution in [2.75, 3.05) is 12.5 Å². The van der Waals surface area contributed by atoms with Gasteiger partial charge in [0.15, 0.2) is 5.75 Å². The first-order chi connectivity index (χ1) is 6.27. The van der Waals surface area contributed by atoms with Crippen LogP contribution in [0.4, 0.5) is 0 Å². The SMILES string of the molecule is OOc1cc(O)ccc1OCCCl. The molecule has 1 aromatic carbocycles. The van der Waals surface area contributed by atoms with E-state index in [9.17, 15) is 0 Å². The minimum atomic E-state index is -0.0118. The van der Waals surface area contributed by atoms with Gasteiger partial charge in [-0.1, -0.05) is 0 Å². The number of hydrogen-bond acceptors (Lipinski definition) is 4. The standard InChI is InChI=1S/C8H9ClO4/c9-3-4-12-7-2-1-6(10)5-8(7)13-11/h1-2,5,10-11H,3-4H2. The monoisotopic (exact) mass is 204 g/mol. The zero-order valence-electron chi connectivity index (χ0n) is 6.74. The van der Waals surface area contributed by atoms with Gasteiger partial charge in [0.2, 0.25) is 5.75 Å². The molecule has 0 aromatic heterocycles. The average molecular weight is 205 g/mol. The minimum absolute atomic E-state index is 0.0118. The largest absolute Gasteiger partial charge is 0.508 e. The second-order valence-electron chi connectivity index (χ2n) is 2.26. The number of alkyl halides is 1. The summed E-state index contributed by atoms with van der Waals surface area (Å²) in [6, 6.07) is 4.14. The van der Waals surface area contributed by atoms with E-state index in [-0.39, 0.29) is 11.5 Å². The molecule has 0 aliphatic rings. The molecule has 4 nitrogen and oxygen atoms in total. The zero-order valence-corrected chi connectivity index (χ0v) is 7.49. The molecule has 0 unspecified atom stereocenters. The highest BCUT2D eigenvalue weighted by Gasteiger charge is 2.05. The lowest BCUT2D eigenvalue weighted by Gasteiger charge is -2.07. The van der Waals surface area contributed by atoms with Crippen LogP contribution < -0.4 is 9.62 Å². The van der Waals surface area contributed by atoms with Gasteiger partial charge in [-0.2, -0.15) is 0 Å². The van der Waals surface area contributed by atoms with Crippen LogP contribution in [0.3, 0.4) is 0 Å². The summed E-state index contributed by atoms with van der Waals surface area (Å²) in [6.07, 6.45) is 0. The third-order valence-electron chi connectivity index (χ3n) is 1.36. The second-order valence-corrected chi connectivity index (χ2v) is 2.64. The molecule has 0 heterocycles. The van der Waals surface area contributed by atoms with Crippen molar-refractivity contribution in [1.82, 2.24) is 0 Å². The van der Waals surface area contributed by atoms with Crippen LogP contribution in [0.25, 0.3) is 0 Å². The van der Waals surface area contributed by atoms with Crippen LogP contribution in [-0.4, -0.2) is 22.9 Å². The van der Waals surface area contributed by atoms with Crippen LogP contribution in [-0.2, 0) is 0 Å². The normalized spacial score (nSPS) is 9.69. The van der Waals surface area contributed by atoms with Crippen LogP contribution in [0.1, 0.15) is 0 Å². The first-order valence-corrected chi connectivity index (χ1v) is 4.14. The fraction of sp³-hybridized carbons (Fsp3) is 0.250. The molecule has 0 atom stereocenters. The fourth-order valence-corrected chi connectivity index (χ4v) is 0.913. The maximum atomic E-state index is 9.02. The summed E-state index contributed by atoms with van der Waals surface area (Å²) in [5.74, 6) is 0.722. The number of hydrogen-bond donors (Lipinski definition) is 2. The summed E-state index contributed by atoms with van der Waals surface area (Å²) >= 11 is 5.40. The highest BCUT2D eigenvalue weighted by molar-refractivity contribution is 6.18. The van der Waals surface area contributed by atoms with Crippen molar-refractivity contribution in [1.29, 1.82) is 0 Å². The van der Waals surface area contributed by atoms with Crippen LogP contribution in [0.5, 0.6) is 17.2 Å². The predicted octanol–water partition coefficient (Wildman–Crippen LogP) is 1.86. The molecule has 0 aliphatic heterocycles. The van der Waals surface area contributed by atoms with E-state index >= 15 is 0 Å². The molecule has 0 amide bonds. The second kappa shape index (κ2) is 4.79. The number of phenols is 1. The fourth-order valence-electron chi connectivity index (χ4n) is 0.836. The maximum Gasteiger partial charge on any atom is 0.210 e. The van der Waals surface area contributed by atoms with E-state index in [1.807, 2.05) is 0 Å². The molecule has 0 spiro atoms. The number of phenolic OH excluding ortho intramolecular Hbond substituents is 1. The Kier molecular flexibility index (Phi) is 3.67. The van der Waals surface area contributed by atoms with Gasteiger partial charge in [-0.3, -0.25) is 0 Å². The third-order valence-corrected chi connectivity index (χ3v) is 1.51. The molecule has 0 aliphatic carbocycles. The Labute approximate surface area is 80.2 Å². The highest BCUT2D eigenvalue weighted by atomic mass is 35.5. The highest BCUT2D eigenvalue weighted by Crippen LogP contribution is 2.30. The maximum absolute atomic E-state index is 9.02. The van der Waals surface area contributed by atoms with Gasteiger partial charge < -0.3 is 14.7 Å². The quantitative estimate of drug-likeness (QED) is 0.447. The van der Waals surface area contributed by atoms with Crippen molar-refractivity contribution in [2.24, 2.45) is 0 Å². The van der Waals surface area contributed by atoms with E-state index in [0.717, 1.165) is 0 Å². The molecule has 1 rings (SSSR count). The predicted molar refractivity (Wildman–Crippen MR) is 47.6 cm³/mol. The summed E-state index contributed by atoms with van der Waals surface area (Å²) in [7, 11) is 0. The lowest BCUT2D eigenvalue weighted by Crippen LogP contribution is -1.99. The first-order valence-electron chi connectivity index (χ1n) is 3.61. The van der Waals surface area contributed by atoms with Gasteiger partial charge >= 0.3 is 0 Å². The topological polar surface area (TPSA) is 58.9 Å².